The molecule has 0 saturated carbocycles. The number of benzene rings is 2. The summed E-state index contributed by atoms with van der Waals surface area (Å²) in [5.41, 5.74) is 4.61. The van der Waals surface area contributed by atoms with Gasteiger partial charge in [-0.1, -0.05) is 6.92 Å². The van der Waals surface area contributed by atoms with Gasteiger partial charge in [0.2, 0.25) is 0 Å². The van der Waals surface area contributed by atoms with Crippen molar-refractivity contribution in [1.29, 1.82) is 0 Å². The number of hydrogen-bond acceptors (Lipinski definition) is 7. The lowest BCUT2D eigenvalue weighted by atomic mass is 10.1. The van der Waals surface area contributed by atoms with E-state index < -0.39 is 12.0 Å². The van der Waals surface area contributed by atoms with E-state index in [1.807, 2.05) is 36.4 Å². The summed E-state index contributed by atoms with van der Waals surface area (Å²) in [6.45, 7) is 1.79. The van der Waals surface area contributed by atoms with Crippen LogP contribution in [0.5, 0.6) is 23.0 Å². The summed E-state index contributed by atoms with van der Waals surface area (Å²) < 4.78 is 22.0. The molecule has 32 heavy (non-hydrogen) atoms. The minimum absolute atomic E-state index is 0.412. The number of carbonyl (C=O) groups excluding carboxylic acids is 1. The van der Waals surface area contributed by atoms with Crippen molar-refractivity contribution < 1.29 is 28.9 Å². The molecule has 8 nitrogen and oxygen atoms in total. The van der Waals surface area contributed by atoms with Crippen LogP contribution in [-0.4, -0.2) is 43.5 Å². The average Bonchev–Trinajstić information content (AvgIpc) is 2.86. The van der Waals surface area contributed by atoms with E-state index in [-0.39, 0.29) is 0 Å². The van der Waals surface area contributed by atoms with Gasteiger partial charge in [0, 0.05) is 17.2 Å². The zero-order valence-corrected chi connectivity index (χ0v) is 18.4. The molecule has 0 spiro atoms. The van der Waals surface area contributed by atoms with E-state index in [9.17, 15) is 4.79 Å². The molecule has 1 aromatic heterocycles. The minimum atomic E-state index is -0.788. The van der Waals surface area contributed by atoms with Gasteiger partial charge in [0.15, 0.2) is 6.10 Å². The Kier molecular flexibility index (Phi) is 7.51. The van der Waals surface area contributed by atoms with Crippen LogP contribution in [0.25, 0.3) is 22.5 Å². The molecule has 0 fully saturated rings. The van der Waals surface area contributed by atoms with Crippen LogP contribution in [0.1, 0.15) is 13.3 Å². The highest BCUT2D eigenvalue weighted by molar-refractivity contribution is 5.80. The number of methoxy groups -OCH3 is 3. The molecular weight excluding hydrogens is 412 g/mol. The van der Waals surface area contributed by atoms with Crippen LogP contribution in [0.4, 0.5) is 0 Å². The fraction of sp³-hybridized carbons (Fsp3) is 0.250. The first-order chi connectivity index (χ1) is 15.5. The van der Waals surface area contributed by atoms with Crippen LogP contribution in [0.2, 0.25) is 0 Å². The first-order valence-corrected chi connectivity index (χ1v) is 10.0. The van der Waals surface area contributed by atoms with Crippen molar-refractivity contribution in [3.05, 3.63) is 54.6 Å². The van der Waals surface area contributed by atoms with E-state index in [0.717, 1.165) is 11.1 Å². The highest BCUT2D eigenvalue weighted by Gasteiger charge is 2.18. The van der Waals surface area contributed by atoms with Gasteiger partial charge in [0.05, 0.1) is 27.0 Å². The predicted octanol–water partition coefficient (Wildman–Crippen LogP) is 4.10. The number of ether oxygens (including phenoxy) is 4. The Morgan fingerprint density at radius 3 is 2.22 bits per heavy atom. The van der Waals surface area contributed by atoms with E-state index in [1.54, 1.807) is 51.9 Å². The van der Waals surface area contributed by atoms with Crippen LogP contribution in [0.15, 0.2) is 54.6 Å². The third kappa shape index (κ3) is 4.92. The van der Waals surface area contributed by atoms with E-state index in [0.29, 0.717) is 40.8 Å². The van der Waals surface area contributed by atoms with Crippen molar-refractivity contribution in [1.82, 2.24) is 10.5 Å². The van der Waals surface area contributed by atoms with E-state index in [2.05, 4.69) is 0 Å². The standard InChI is InChI=1S/C24H26N2O6/c1-5-20(24(27)26-28)32-16-8-6-15(7-9-16)23-21(30-3)13-12-19(25-23)18-11-10-17(29-2)14-22(18)31-4/h6-14,20,28H,5H2,1-4H3,(H,26,27). The number of carbonyl (C=O) groups is 1. The number of nitrogens with zero attached hydrogens (tertiary/aromatic N) is 1. The van der Waals surface area contributed by atoms with Crippen LogP contribution in [0.3, 0.4) is 0 Å². The molecule has 8 heteroatoms. The Hall–Kier alpha value is -3.78. The van der Waals surface area contributed by atoms with Gasteiger partial charge >= 0.3 is 0 Å². The van der Waals surface area contributed by atoms with Crippen molar-refractivity contribution in [2.45, 2.75) is 19.4 Å². The zero-order chi connectivity index (χ0) is 23.1. The fourth-order valence-corrected chi connectivity index (χ4v) is 3.23. The monoisotopic (exact) mass is 438 g/mol. The number of amides is 1. The van der Waals surface area contributed by atoms with E-state index in [1.165, 1.54) is 0 Å². The number of nitrogens with one attached hydrogen (secondary N) is 1. The zero-order valence-electron chi connectivity index (χ0n) is 18.4. The van der Waals surface area contributed by atoms with Gasteiger partial charge in [0.25, 0.3) is 5.91 Å². The van der Waals surface area contributed by atoms with Gasteiger partial charge in [-0.15, -0.1) is 0 Å². The molecule has 1 heterocycles. The van der Waals surface area contributed by atoms with Crippen molar-refractivity contribution in [3.8, 4) is 45.5 Å². The topological polar surface area (TPSA) is 99.1 Å². The Morgan fingerprint density at radius 1 is 0.938 bits per heavy atom. The van der Waals surface area contributed by atoms with Crippen LogP contribution in [-0.2, 0) is 4.79 Å². The smallest absolute Gasteiger partial charge is 0.284 e. The predicted molar refractivity (Wildman–Crippen MR) is 119 cm³/mol. The Morgan fingerprint density at radius 2 is 1.62 bits per heavy atom. The summed E-state index contributed by atoms with van der Waals surface area (Å²) in [5, 5.41) is 8.83. The molecule has 0 aliphatic carbocycles. The number of rotatable bonds is 9. The summed E-state index contributed by atoms with van der Waals surface area (Å²) in [6.07, 6.45) is -0.376. The van der Waals surface area contributed by atoms with Gasteiger partial charge in [-0.2, -0.15) is 0 Å². The summed E-state index contributed by atoms with van der Waals surface area (Å²) >= 11 is 0. The third-order valence-corrected chi connectivity index (χ3v) is 4.94. The lowest BCUT2D eigenvalue weighted by Crippen LogP contribution is -2.36. The molecule has 1 atom stereocenters. The highest BCUT2D eigenvalue weighted by Crippen LogP contribution is 2.36. The van der Waals surface area contributed by atoms with E-state index in [4.69, 9.17) is 29.1 Å². The SMILES string of the molecule is CCC(Oc1ccc(-c2nc(-c3ccc(OC)cc3OC)ccc2OC)cc1)C(=O)NO. The summed E-state index contributed by atoms with van der Waals surface area (Å²) in [4.78, 5) is 16.5. The molecule has 0 radical (unpaired) electrons. The molecule has 0 aliphatic heterocycles. The van der Waals surface area contributed by atoms with Crippen LogP contribution >= 0.6 is 0 Å². The third-order valence-electron chi connectivity index (χ3n) is 4.94. The minimum Gasteiger partial charge on any atom is -0.497 e. The van der Waals surface area contributed by atoms with Crippen molar-refractivity contribution >= 4 is 5.91 Å². The molecule has 0 bridgehead atoms. The van der Waals surface area contributed by atoms with Gasteiger partial charge < -0.3 is 18.9 Å². The maximum absolute atomic E-state index is 11.7. The summed E-state index contributed by atoms with van der Waals surface area (Å²) in [5.74, 6) is 1.85. The lowest BCUT2D eigenvalue weighted by molar-refractivity contribution is -0.136. The van der Waals surface area contributed by atoms with E-state index >= 15 is 0 Å². The van der Waals surface area contributed by atoms with Crippen molar-refractivity contribution in [3.63, 3.8) is 0 Å². The molecule has 2 aromatic carbocycles. The van der Waals surface area contributed by atoms with Crippen molar-refractivity contribution in [2.24, 2.45) is 0 Å². The average molecular weight is 438 g/mol. The molecule has 2 N–H and O–H groups in total. The van der Waals surface area contributed by atoms with Gasteiger partial charge in [0.1, 0.15) is 28.7 Å². The van der Waals surface area contributed by atoms with Crippen LogP contribution in [0, 0.1) is 0 Å². The van der Waals surface area contributed by atoms with Gasteiger partial charge in [-0.3, -0.25) is 10.0 Å². The number of hydroxylamine groups is 1. The second kappa shape index (κ2) is 10.5. The second-order valence-corrected chi connectivity index (χ2v) is 6.83. The lowest BCUT2D eigenvalue weighted by Gasteiger charge is -2.16. The molecule has 0 aliphatic rings. The molecule has 1 amide bonds. The maximum Gasteiger partial charge on any atom is 0.284 e. The fourth-order valence-electron chi connectivity index (χ4n) is 3.23. The normalized spacial score (nSPS) is 11.4. The maximum atomic E-state index is 11.7. The molecule has 1 unspecified atom stereocenters. The Balaban J connectivity index is 1.95. The molecule has 3 rings (SSSR count). The Labute approximate surface area is 186 Å². The first-order valence-electron chi connectivity index (χ1n) is 10.0. The molecule has 3 aromatic rings. The summed E-state index contributed by atoms with van der Waals surface area (Å²) in [7, 11) is 4.79. The number of hydrogen-bond donors (Lipinski definition) is 2. The molecular formula is C24H26N2O6. The summed E-state index contributed by atoms with van der Waals surface area (Å²) in [6, 6.07) is 16.4. The van der Waals surface area contributed by atoms with Gasteiger partial charge in [-0.25, -0.2) is 10.5 Å². The quantitative estimate of drug-likeness (QED) is 0.383. The number of pyridine rings is 1. The first kappa shape index (κ1) is 22.9. The Bertz CT molecular complexity index is 1070. The largest absolute Gasteiger partial charge is 0.497 e. The highest BCUT2D eigenvalue weighted by atomic mass is 16.5. The second-order valence-electron chi connectivity index (χ2n) is 6.83. The number of aromatic nitrogens is 1. The molecule has 0 saturated heterocycles. The van der Waals surface area contributed by atoms with Gasteiger partial charge in [-0.05, 0) is 55.0 Å². The molecule has 168 valence electrons. The van der Waals surface area contributed by atoms with Crippen molar-refractivity contribution in [2.75, 3.05) is 21.3 Å². The van der Waals surface area contributed by atoms with Crippen LogP contribution < -0.4 is 24.4 Å².